The molecule has 2 aromatic carbocycles. The molecular formula is C23H18N4. The van der Waals surface area contributed by atoms with Crippen molar-refractivity contribution in [2.45, 2.75) is 13.8 Å². The summed E-state index contributed by atoms with van der Waals surface area (Å²) in [7, 11) is 0. The van der Waals surface area contributed by atoms with Gasteiger partial charge in [0.25, 0.3) is 0 Å². The van der Waals surface area contributed by atoms with Gasteiger partial charge in [-0.1, -0.05) is 23.8 Å². The fraction of sp³-hybridized carbons (Fsp3) is 0.0870. The molecule has 0 spiro atoms. The summed E-state index contributed by atoms with van der Waals surface area (Å²) in [5.74, 6) is 0. The van der Waals surface area contributed by atoms with Crippen LogP contribution in [0.5, 0.6) is 0 Å². The number of aryl methyl sites for hydroxylation is 2. The summed E-state index contributed by atoms with van der Waals surface area (Å²) in [6, 6.07) is 22.2. The molecule has 2 aromatic heterocycles. The van der Waals surface area contributed by atoms with E-state index in [4.69, 9.17) is 5.26 Å². The SMILES string of the molecule is Cc1ccc2nc(C)cc(Nc3ccc(-c4ccc(C#N)nc4)cc3)c2c1. The zero-order chi connectivity index (χ0) is 18.8. The van der Waals surface area contributed by atoms with Gasteiger partial charge in [0.15, 0.2) is 0 Å². The number of nitrogens with one attached hydrogen (secondary N) is 1. The minimum Gasteiger partial charge on any atom is -0.355 e. The highest BCUT2D eigenvalue weighted by molar-refractivity contribution is 5.93. The number of aromatic nitrogens is 2. The Hall–Kier alpha value is -3.71. The van der Waals surface area contributed by atoms with E-state index >= 15 is 0 Å². The zero-order valence-corrected chi connectivity index (χ0v) is 15.2. The summed E-state index contributed by atoms with van der Waals surface area (Å²) in [4.78, 5) is 8.75. The Morgan fingerprint density at radius 1 is 0.889 bits per heavy atom. The number of hydrogen-bond donors (Lipinski definition) is 1. The predicted molar refractivity (Wildman–Crippen MR) is 109 cm³/mol. The third-order valence-electron chi connectivity index (χ3n) is 4.47. The van der Waals surface area contributed by atoms with E-state index in [1.807, 2.05) is 43.3 Å². The first-order valence-electron chi connectivity index (χ1n) is 8.74. The number of pyridine rings is 2. The lowest BCUT2D eigenvalue weighted by Gasteiger charge is -2.12. The summed E-state index contributed by atoms with van der Waals surface area (Å²) < 4.78 is 0. The molecule has 0 aliphatic rings. The van der Waals surface area contributed by atoms with Gasteiger partial charge in [-0.05, 0) is 61.9 Å². The molecule has 0 saturated heterocycles. The number of benzene rings is 2. The Labute approximate surface area is 158 Å². The van der Waals surface area contributed by atoms with Crippen molar-refractivity contribution in [2.75, 3.05) is 5.32 Å². The molecule has 27 heavy (non-hydrogen) atoms. The lowest BCUT2D eigenvalue weighted by atomic mass is 10.1. The van der Waals surface area contributed by atoms with Crippen LogP contribution in [0.3, 0.4) is 0 Å². The van der Waals surface area contributed by atoms with Gasteiger partial charge in [0.1, 0.15) is 11.8 Å². The normalized spacial score (nSPS) is 10.6. The largest absolute Gasteiger partial charge is 0.355 e. The third kappa shape index (κ3) is 3.49. The maximum atomic E-state index is 8.86. The lowest BCUT2D eigenvalue weighted by Crippen LogP contribution is -1.95. The average Bonchev–Trinajstić information content (AvgIpc) is 2.69. The van der Waals surface area contributed by atoms with Gasteiger partial charge < -0.3 is 5.32 Å². The van der Waals surface area contributed by atoms with Gasteiger partial charge in [-0.15, -0.1) is 0 Å². The Kier molecular flexibility index (Phi) is 4.27. The van der Waals surface area contributed by atoms with Gasteiger partial charge in [0.2, 0.25) is 0 Å². The smallest absolute Gasteiger partial charge is 0.140 e. The zero-order valence-electron chi connectivity index (χ0n) is 15.2. The lowest BCUT2D eigenvalue weighted by molar-refractivity contribution is 1.25. The molecule has 2 heterocycles. The fourth-order valence-electron chi connectivity index (χ4n) is 3.11. The molecule has 0 amide bonds. The second kappa shape index (κ2) is 6.89. The van der Waals surface area contributed by atoms with E-state index < -0.39 is 0 Å². The van der Waals surface area contributed by atoms with E-state index in [-0.39, 0.29) is 0 Å². The number of nitriles is 1. The Morgan fingerprint density at radius 2 is 1.67 bits per heavy atom. The van der Waals surface area contributed by atoms with Gasteiger partial charge in [-0.3, -0.25) is 4.98 Å². The quantitative estimate of drug-likeness (QED) is 0.528. The number of anilines is 2. The molecule has 0 unspecified atom stereocenters. The van der Waals surface area contributed by atoms with Crippen LogP contribution in [-0.2, 0) is 0 Å². The van der Waals surface area contributed by atoms with E-state index in [1.165, 1.54) is 5.56 Å². The van der Waals surface area contributed by atoms with Crippen molar-refractivity contribution < 1.29 is 0 Å². The van der Waals surface area contributed by atoms with Crippen LogP contribution >= 0.6 is 0 Å². The average molecular weight is 350 g/mol. The summed E-state index contributed by atoms with van der Waals surface area (Å²) in [6.07, 6.45) is 1.73. The molecule has 0 aliphatic carbocycles. The Morgan fingerprint density at radius 3 is 2.37 bits per heavy atom. The van der Waals surface area contributed by atoms with Gasteiger partial charge in [0.05, 0.1) is 5.52 Å². The first-order chi connectivity index (χ1) is 13.1. The molecule has 4 aromatic rings. The summed E-state index contributed by atoms with van der Waals surface area (Å²) in [6.45, 7) is 4.09. The molecule has 4 heteroatoms. The van der Waals surface area contributed by atoms with Crippen LogP contribution in [0.2, 0.25) is 0 Å². The van der Waals surface area contributed by atoms with Crippen LogP contribution in [0.4, 0.5) is 11.4 Å². The number of hydrogen-bond acceptors (Lipinski definition) is 4. The molecule has 4 rings (SSSR count). The van der Waals surface area contributed by atoms with Crippen molar-refractivity contribution >= 4 is 22.3 Å². The van der Waals surface area contributed by atoms with Crippen molar-refractivity contribution in [3.05, 3.63) is 83.8 Å². The number of fused-ring (bicyclic) bond motifs is 1. The molecule has 1 N–H and O–H groups in total. The monoisotopic (exact) mass is 350 g/mol. The molecule has 0 saturated carbocycles. The van der Waals surface area contributed by atoms with E-state index in [2.05, 4.69) is 46.5 Å². The van der Waals surface area contributed by atoms with Gasteiger partial charge in [-0.2, -0.15) is 5.26 Å². The van der Waals surface area contributed by atoms with E-state index in [0.717, 1.165) is 39.1 Å². The molecule has 130 valence electrons. The minimum absolute atomic E-state index is 0.423. The third-order valence-corrected chi connectivity index (χ3v) is 4.47. The highest BCUT2D eigenvalue weighted by Crippen LogP contribution is 2.28. The summed E-state index contributed by atoms with van der Waals surface area (Å²) in [5.41, 5.74) is 7.71. The van der Waals surface area contributed by atoms with Crippen molar-refractivity contribution in [3.63, 3.8) is 0 Å². The Balaban J connectivity index is 1.64. The molecule has 0 fully saturated rings. The molecule has 0 aliphatic heterocycles. The molecule has 0 bridgehead atoms. The molecular weight excluding hydrogens is 332 g/mol. The number of rotatable bonds is 3. The van der Waals surface area contributed by atoms with Gasteiger partial charge in [0, 0.05) is 34.2 Å². The van der Waals surface area contributed by atoms with Crippen LogP contribution < -0.4 is 5.32 Å². The predicted octanol–water partition coefficient (Wildman–Crippen LogP) is 5.53. The second-order valence-electron chi connectivity index (χ2n) is 6.58. The highest BCUT2D eigenvalue weighted by Gasteiger charge is 2.06. The van der Waals surface area contributed by atoms with Crippen molar-refractivity contribution in [2.24, 2.45) is 0 Å². The van der Waals surface area contributed by atoms with Crippen LogP contribution in [0.15, 0.2) is 66.9 Å². The van der Waals surface area contributed by atoms with Crippen molar-refractivity contribution in [1.82, 2.24) is 9.97 Å². The van der Waals surface area contributed by atoms with Crippen LogP contribution in [0, 0.1) is 25.2 Å². The van der Waals surface area contributed by atoms with E-state index in [1.54, 1.807) is 12.3 Å². The molecule has 0 atom stereocenters. The van der Waals surface area contributed by atoms with Crippen LogP contribution in [0.25, 0.3) is 22.0 Å². The maximum Gasteiger partial charge on any atom is 0.140 e. The van der Waals surface area contributed by atoms with Gasteiger partial charge in [-0.25, -0.2) is 4.98 Å². The van der Waals surface area contributed by atoms with E-state index in [9.17, 15) is 0 Å². The van der Waals surface area contributed by atoms with E-state index in [0.29, 0.717) is 5.69 Å². The first kappa shape index (κ1) is 16.7. The van der Waals surface area contributed by atoms with Crippen LogP contribution in [0.1, 0.15) is 17.0 Å². The Bertz CT molecular complexity index is 1150. The first-order valence-corrected chi connectivity index (χ1v) is 8.74. The molecule has 0 radical (unpaired) electrons. The van der Waals surface area contributed by atoms with Crippen molar-refractivity contribution in [3.8, 4) is 17.2 Å². The van der Waals surface area contributed by atoms with Crippen LogP contribution in [-0.4, -0.2) is 9.97 Å². The maximum absolute atomic E-state index is 8.86. The fourth-order valence-corrected chi connectivity index (χ4v) is 3.11. The van der Waals surface area contributed by atoms with Crippen molar-refractivity contribution in [1.29, 1.82) is 5.26 Å². The summed E-state index contributed by atoms with van der Waals surface area (Å²) >= 11 is 0. The summed E-state index contributed by atoms with van der Waals surface area (Å²) in [5, 5.41) is 13.5. The number of nitrogens with zero attached hydrogens (tertiary/aromatic N) is 3. The minimum atomic E-state index is 0.423. The highest BCUT2D eigenvalue weighted by atomic mass is 14.9. The topological polar surface area (TPSA) is 61.6 Å². The standard InChI is InChI=1S/C23H18N4/c1-15-3-10-22-21(11-15)23(12-16(2)26-22)27-19-7-4-17(5-8-19)18-6-9-20(13-24)25-14-18/h3-12,14H,1-2H3,(H,26,27). The molecule has 4 nitrogen and oxygen atoms in total. The van der Waals surface area contributed by atoms with Gasteiger partial charge >= 0.3 is 0 Å². The second-order valence-corrected chi connectivity index (χ2v) is 6.58.